The van der Waals surface area contributed by atoms with Gasteiger partial charge in [-0.1, -0.05) is 66.3 Å². The van der Waals surface area contributed by atoms with E-state index in [1.165, 1.54) is 75.8 Å². The van der Waals surface area contributed by atoms with Crippen LogP contribution in [0.2, 0.25) is 0 Å². The van der Waals surface area contributed by atoms with E-state index in [4.69, 9.17) is 4.42 Å². The van der Waals surface area contributed by atoms with E-state index in [0.717, 1.165) is 36.8 Å². The molecule has 0 radical (unpaired) electrons. The number of para-hydroxylation sites is 1. The molecule has 9 rings (SSSR count). The van der Waals surface area contributed by atoms with Crippen LogP contribution in [0.25, 0.3) is 71.9 Å². The molecular formula is C37H27NOS. The molecule has 0 saturated heterocycles. The number of rotatable bonds is 2. The van der Waals surface area contributed by atoms with E-state index in [1.54, 1.807) is 0 Å². The molecule has 0 N–H and O–H groups in total. The summed E-state index contributed by atoms with van der Waals surface area (Å²) in [6.45, 7) is 2.20. The Hall–Kier alpha value is -4.34. The van der Waals surface area contributed by atoms with Gasteiger partial charge in [0.1, 0.15) is 11.2 Å². The summed E-state index contributed by atoms with van der Waals surface area (Å²) in [5.74, 6) is 0. The van der Waals surface area contributed by atoms with Crippen molar-refractivity contribution in [2.75, 3.05) is 0 Å². The lowest BCUT2D eigenvalue weighted by Crippen LogP contribution is -2.05. The first kappa shape index (κ1) is 22.5. The molecule has 2 aliphatic rings. The zero-order valence-corrected chi connectivity index (χ0v) is 23.1. The molecule has 0 spiro atoms. The molecule has 7 aromatic rings. The van der Waals surface area contributed by atoms with Gasteiger partial charge in [0.15, 0.2) is 0 Å². The van der Waals surface area contributed by atoms with Gasteiger partial charge in [0.05, 0.1) is 11.2 Å². The Bertz CT molecular complexity index is 2230. The van der Waals surface area contributed by atoms with E-state index in [2.05, 4.69) is 103 Å². The molecule has 0 unspecified atom stereocenters. The second-order valence-corrected chi connectivity index (χ2v) is 12.3. The first-order chi connectivity index (χ1) is 19.7. The highest BCUT2D eigenvalue weighted by atomic mass is 32.1. The number of furan rings is 1. The van der Waals surface area contributed by atoms with Gasteiger partial charge in [-0.2, -0.15) is 0 Å². The summed E-state index contributed by atoms with van der Waals surface area (Å²) in [6.07, 6.45) is 13.8. The van der Waals surface area contributed by atoms with Crippen LogP contribution in [0.1, 0.15) is 40.1 Å². The molecule has 0 fully saturated rings. The van der Waals surface area contributed by atoms with Crippen molar-refractivity contribution in [3.8, 4) is 16.8 Å². The normalized spacial score (nSPS) is 14.5. The Morgan fingerprint density at radius 2 is 1.60 bits per heavy atom. The molecule has 2 nitrogen and oxygen atoms in total. The summed E-state index contributed by atoms with van der Waals surface area (Å²) in [4.78, 5) is 1.52. The Balaban J connectivity index is 1.39. The number of fused-ring (bicyclic) bond motifs is 10. The topological polar surface area (TPSA) is 18.1 Å². The van der Waals surface area contributed by atoms with Gasteiger partial charge in [-0.15, -0.1) is 11.3 Å². The first-order valence-corrected chi connectivity index (χ1v) is 15.0. The van der Waals surface area contributed by atoms with Crippen LogP contribution in [0.3, 0.4) is 0 Å². The van der Waals surface area contributed by atoms with E-state index in [1.807, 2.05) is 17.4 Å². The van der Waals surface area contributed by atoms with Crippen LogP contribution in [0, 0.1) is 6.92 Å². The van der Waals surface area contributed by atoms with Crippen LogP contribution >= 0.6 is 11.3 Å². The largest absolute Gasteiger partial charge is 0.456 e. The van der Waals surface area contributed by atoms with Crippen molar-refractivity contribution in [1.82, 2.24) is 4.57 Å². The molecule has 0 bridgehead atoms. The van der Waals surface area contributed by atoms with E-state index < -0.39 is 0 Å². The highest BCUT2D eigenvalue weighted by Crippen LogP contribution is 2.45. The van der Waals surface area contributed by atoms with Crippen molar-refractivity contribution in [3.63, 3.8) is 0 Å². The summed E-state index contributed by atoms with van der Waals surface area (Å²) in [7, 11) is 0. The van der Waals surface area contributed by atoms with Crippen LogP contribution in [0.5, 0.6) is 0 Å². The molecule has 3 heterocycles. The van der Waals surface area contributed by atoms with Crippen LogP contribution in [-0.2, 0) is 12.8 Å². The number of aromatic nitrogens is 1. The minimum Gasteiger partial charge on any atom is -0.456 e. The molecule has 2 aliphatic carbocycles. The number of hydrogen-bond acceptors (Lipinski definition) is 2. The van der Waals surface area contributed by atoms with Crippen molar-refractivity contribution in [2.45, 2.75) is 32.6 Å². The average molecular weight is 534 g/mol. The maximum absolute atomic E-state index is 6.18. The summed E-state index contributed by atoms with van der Waals surface area (Å²) in [6, 6.07) is 26.7. The van der Waals surface area contributed by atoms with Crippen LogP contribution in [0.15, 0.2) is 89.4 Å². The lowest BCUT2D eigenvalue weighted by Gasteiger charge is -2.18. The molecular weight excluding hydrogens is 506 g/mol. The molecule has 4 aromatic carbocycles. The quantitative estimate of drug-likeness (QED) is 0.216. The smallest absolute Gasteiger partial charge is 0.135 e. The van der Waals surface area contributed by atoms with Gasteiger partial charge in [0.2, 0.25) is 0 Å². The van der Waals surface area contributed by atoms with Crippen molar-refractivity contribution in [2.24, 2.45) is 0 Å². The Kier molecular flexibility index (Phi) is 4.68. The van der Waals surface area contributed by atoms with Gasteiger partial charge in [-0.3, -0.25) is 0 Å². The van der Waals surface area contributed by atoms with E-state index in [0.29, 0.717) is 0 Å². The van der Waals surface area contributed by atoms with E-state index in [-0.39, 0.29) is 0 Å². The standard InChI is InChI=1S/C37H27NOS/c1-22-14-17-31(28(20-22)23-15-18-33-29(21-23)25-9-3-6-12-32(25)39-33)38-30-11-5-2-8-24(30)26-16-19-35-36(37(26)38)27-10-4-7-13-34(27)40-35/h2-4,6,8-10,12,14-21H,5,7,11,13H2,1H3. The number of hydrogen-bond donors (Lipinski definition) is 0. The molecule has 0 saturated carbocycles. The van der Waals surface area contributed by atoms with Gasteiger partial charge in [0.25, 0.3) is 0 Å². The molecule has 0 atom stereocenters. The Morgan fingerprint density at radius 1 is 0.750 bits per heavy atom. The van der Waals surface area contributed by atoms with Gasteiger partial charge >= 0.3 is 0 Å². The number of benzene rings is 4. The van der Waals surface area contributed by atoms with Gasteiger partial charge in [0, 0.05) is 47.9 Å². The molecule has 3 aromatic heterocycles. The lowest BCUT2D eigenvalue weighted by atomic mass is 9.98. The third kappa shape index (κ3) is 3.10. The highest BCUT2D eigenvalue weighted by Gasteiger charge is 2.25. The molecule has 0 amide bonds. The van der Waals surface area contributed by atoms with Gasteiger partial charge in [-0.25, -0.2) is 0 Å². The molecule has 0 aliphatic heterocycles. The monoisotopic (exact) mass is 533 g/mol. The fourth-order valence-corrected chi connectivity index (χ4v) is 8.18. The second kappa shape index (κ2) is 8.33. The SMILES string of the molecule is Cc1ccc(-n2c3c(c4ccc5sc6c(c5c42)C=CCC6)C=CCC3)c(-c2ccc3oc4ccccc4c3c2)c1. The molecule has 192 valence electrons. The highest BCUT2D eigenvalue weighted by molar-refractivity contribution is 7.19. The minimum atomic E-state index is 0.937. The van der Waals surface area contributed by atoms with E-state index in [9.17, 15) is 0 Å². The van der Waals surface area contributed by atoms with Gasteiger partial charge < -0.3 is 8.98 Å². The predicted octanol–water partition coefficient (Wildman–Crippen LogP) is 10.6. The summed E-state index contributed by atoms with van der Waals surface area (Å²) in [5.41, 5.74) is 12.5. The molecule has 40 heavy (non-hydrogen) atoms. The third-order valence-corrected chi connectivity index (χ3v) is 10.0. The van der Waals surface area contributed by atoms with E-state index >= 15 is 0 Å². The van der Waals surface area contributed by atoms with Crippen LogP contribution < -0.4 is 0 Å². The Labute approximate surface area is 236 Å². The lowest BCUT2D eigenvalue weighted by molar-refractivity contribution is 0.669. The molecule has 3 heteroatoms. The fourth-order valence-electron chi connectivity index (χ4n) is 6.97. The number of thiophene rings is 1. The number of aryl methyl sites for hydroxylation is 2. The zero-order chi connectivity index (χ0) is 26.4. The average Bonchev–Trinajstić information content (AvgIpc) is 3.66. The van der Waals surface area contributed by atoms with Crippen LogP contribution in [-0.4, -0.2) is 4.57 Å². The van der Waals surface area contributed by atoms with Crippen molar-refractivity contribution in [1.29, 1.82) is 0 Å². The van der Waals surface area contributed by atoms with Gasteiger partial charge in [-0.05, 0) is 80.1 Å². The summed E-state index contributed by atoms with van der Waals surface area (Å²) in [5, 5.41) is 5.11. The fraction of sp³-hybridized carbons (Fsp3) is 0.135. The zero-order valence-electron chi connectivity index (χ0n) is 22.3. The summed E-state index contributed by atoms with van der Waals surface area (Å²) >= 11 is 1.98. The second-order valence-electron chi connectivity index (χ2n) is 11.2. The predicted molar refractivity (Wildman–Crippen MR) is 171 cm³/mol. The minimum absolute atomic E-state index is 0.937. The number of nitrogens with zero attached hydrogens (tertiary/aromatic N) is 1. The van der Waals surface area contributed by atoms with Crippen molar-refractivity contribution >= 4 is 66.4 Å². The van der Waals surface area contributed by atoms with Crippen LogP contribution in [0.4, 0.5) is 0 Å². The van der Waals surface area contributed by atoms with Crippen molar-refractivity contribution in [3.05, 3.63) is 112 Å². The maximum atomic E-state index is 6.18. The van der Waals surface area contributed by atoms with Crippen molar-refractivity contribution < 1.29 is 4.42 Å². The summed E-state index contributed by atoms with van der Waals surface area (Å²) < 4.78 is 10.2. The maximum Gasteiger partial charge on any atom is 0.135 e. The number of allylic oxidation sites excluding steroid dienone is 2. The third-order valence-electron chi connectivity index (χ3n) is 8.77. The Morgan fingerprint density at radius 3 is 2.55 bits per heavy atom. The first-order valence-electron chi connectivity index (χ1n) is 14.2.